The summed E-state index contributed by atoms with van der Waals surface area (Å²) in [5.74, 6) is -1.15. The molecule has 1 aliphatic heterocycles. The predicted molar refractivity (Wildman–Crippen MR) is 138 cm³/mol. The van der Waals surface area contributed by atoms with Crippen LogP contribution >= 0.6 is 11.3 Å². The summed E-state index contributed by atoms with van der Waals surface area (Å²) < 4.78 is 7.65. The minimum absolute atomic E-state index is 0.00733. The van der Waals surface area contributed by atoms with Gasteiger partial charge in [-0.1, -0.05) is 38.0 Å². The van der Waals surface area contributed by atoms with E-state index in [0.29, 0.717) is 40.1 Å². The van der Waals surface area contributed by atoms with Crippen LogP contribution in [-0.4, -0.2) is 37.8 Å². The number of imidazole rings is 1. The van der Waals surface area contributed by atoms with Gasteiger partial charge in [-0.05, 0) is 43.2 Å². The number of thiazole rings is 1. The number of rotatable bonds is 8. The number of unbranched alkanes of at least 4 members (excludes halogenated alkanes) is 2. The summed E-state index contributed by atoms with van der Waals surface area (Å²) in [5, 5.41) is 13.7. The van der Waals surface area contributed by atoms with Crippen molar-refractivity contribution < 1.29 is 19.4 Å². The molecule has 0 bridgehead atoms. The number of ether oxygens (including phenoxy) is 1. The third-order valence-electron chi connectivity index (χ3n) is 6.19. The largest absolute Gasteiger partial charge is 0.505 e. The van der Waals surface area contributed by atoms with Crippen molar-refractivity contribution in [3.05, 3.63) is 82.8 Å². The molecule has 5 rings (SSSR count). The van der Waals surface area contributed by atoms with Crippen LogP contribution in [0.4, 0.5) is 5.13 Å². The lowest BCUT2D eigenvalue weighted by Gasteiger charge is -2.23. The van der Waals surface area contributed by atoms with E-state index in [9.17, 15) is 14.7 Å². The lowest BCUT2D eigenvalue weighted by atomic mass is 9.96. The van der Waals surface area contributed by atoms with Gasteiger partial charge in [0.1, 0.15) is 17.1 Å². The van der Waals surface area contributed by atoms with Crippen LogP contribution in [0.25, 0.3) is 11.4 Å². The molecule has 0 radical (unpaired) electrons. The van der Waals surface area contributed by atoms with Gasteiger partial charge in [0.2, 0.25) is 0 Å². The molecule has 1 fully saturated rings. The number of pyridine rings is 1. The van der Waals surface area contributed by atoms with Crippen molar-refractivity contribution in [1.29, 1.82) is 0 Å². The van der Waals surface area contributed by atoms with E-state index in [0.717, 1.165) is 19.3 Å². The molecular weight excluding hydrogens is 476 g/mol. The molecule has 1 aromatic carbocycles. The third kappa shape index (κ3) is 4.15. The first-order valence-corrected chi connectivity index (χ1v) is 12.8. The average Bonchev–Trinajstić information content (AvgIpc) is 3.58. The van der Waals surface area contributed by atoms with Gasteiger partial charge in [0.05, 0.1) is 23.9 Å². The number of fused-ring (bicyclic) bond motifs is 1. The number of Topliss-reactive ketones (excluding diaryl/α,β-unsaturated/α-hetero) is 1. The number of hydrogen-bond donors (Lipinski definition) is 1. The number of benzene rings is 1. The Bertz CT molecular complexity index is 1460. The molecule has 1 N–H and O–H groups in total. The number of carbonyl (C=O) groups excluding carboxylic acids is 2. The van der Waals surface area contributed by atoms with Crippen molar-refractivity contribution in [2.75, 3.05) is 11.5 Å². The van der Waals surface area contributed by atoms with Gasteiger partial charge in [0, 0.05) is 17.8 Å². The summed E-state index contributed by atoms with van der Waals surface area (Å²) >= 11 is 1.25. The Morgan fingerprint density at radius 2 is 2.03 bits per heavy atom. The molecular formula is C27H26N4O4S. The first-order chi connectivity index (χ1) is 17.5. The van der Waals surface area contributed by atoms with E-state index in [2.05, 4.69) is 16.9 Å². The van der Waals surface area contributed by atoms with E-state index >= 15 is 0 Å². The highest BCUT2D eigenvalue weighted by molar-refractivity contribution is 7.14. The Morgan fingerprint density at radius 3 is 2.81 bits per heavy atom. The maximum absolute atomic E-state index is 13.4. The van der Waals surface area contributed by atoms with Crippen molar-refractivity contribution >= 4 is 39.6 Å². The molecule has 0 spiro atoms. The lowest BCUT2D eigenvalue weighted by Crippen LogP contribution is -2.29. The third-order valence-corrected chi connectivity index (χ3v) is 6.96. The number of amides is 1. The van der Waals surface area contributed by atoms with Crippen LogP contribution in [0.3, 0.4) is 0 Å². The molecule has 0 saturated carbocycles. The fourth-order valence-corrected chi connectivity index (χ4v) is 5.19. The molecule has 1 amide bonds. The maximum atomic E-state index is 13.4. The first-order valence-electron chi connectivity index (χ1n) is 11.9. The Morgan fingerprint density at radius 1 is 1.17 bits per heavy atom. The molecule has 36 heavy (non-hydrogen) atoms. The van der Waals surface area contributed by atoms with Gasteiger partial charge in [-0.15, -0.1) is 11.3 Å². The molecule has 1 aliphatic rings. The summed E-state index contributed by atoms with van der Waals surface area (Å²) in [4.78, 5) is 36.9. The van der Waals surface area contributed by atoms with Crippen molar-refractivity contribution in [3.63, 3.8) is 0 Å². The topological polar surface area (TPSA) is 97.0 Å². The van der Waals surface area contributed by atoms with Gasteiger partial charge >= 0.3 is 5.91 Å². The number of aryl methyl sites for hydroxylation is 1. The zero-order chi connectivity index (χ0) is 25.2. The summed E-state index contributed by atoms with van der Waals surface area (Å²) in [6, 6.07) is 11.9. The van der Waals surface area contributed by atoms with Gasteiger partial charge in [0.15, 0.2) is 10.9 Å². The normalized spacial score (nSPS) is 17.3. The standard InChI is InChI=1S/C27H26N4O4S/c1-3-4-7-14-35-19-10-8-9-18(16-19)23-21(25(33)26(34)31(23)27-28-12-15-36-27)24(32)22-17(2)29-20-11-5-6-13-30(20)22/h5-6,8-13,15-16,23,32H,3-4,7,14H2,1-2H3. The lowest BCUT2D eigenvalue weighted by molar-refractivity contribution is -0.132. The fourth-order valence-electron chi connectivity index (χ4n) is 4.52. The Kier molecular flexibility index (Phi) is 6.56. The van der Waals surface area contributed by atoms with Crippen LogP contribution in [0.2, 0.25) is 0 Å². The van der Waals surface area contributed by atoms with Crippen LogP contribution in [0.1, 0.15) is 49.2 Å². The number of ketones is 1. The Labute approximate surface area is 212 Å². The second-order valence-electron chi connectivity index (χ2n) is 8.59. The molecule has 8 nitrogen and oxygen atoms in total. The quantitative estimate of drug-likeness (QED) is 0.152. The van der Waals surface area contributed by atoms with Gasteiger partial charge in [-0.2, -0.15) is 0 Å². The fraction of sp³-hybridized carbons (Fsp3) is 0.259. The molecule has 1 atom stereocenters. The monoisotopic (exact) mass is 502 g/mol. The smallest absolute Gasteiger partial charge is 0.301 e. The van der Waals surface area contributed by atoms with E-state index in [-0.39, 0.29) is 11.3 Å². The van der Waals surface area contributed by atoms with Gasteiger partial charge in [-0.25, -0.2) is 9.97 Å². The number of carbonyl (C=O) groups is 2. The van der Waals surface area contributed by atoms with Crippen molar-refractivity contribution in [3.8, 4) is 5.75 Å². The van der Waals surface area contributed by atoms with Gasteiger partial charge in [-0.3, -0.25) is 18.9 Å². The van der Waals surface area contributed by atoms with Crippen LogP contribution in [0.5, 0.6) is 5.75 Å². The van der Waals surface area contributed by atoms with Crippen LogP contribution in [-0.2, 0) is 9.59 Å². The summed E-state index contributed by atoms with van der Waals surface area (Å²) in [7, 11) is 0. The molecule has 3 aromatic heterocycles. The molecule has 4 heterocycles. The van der Waals surface area contributed by atoms with Gasteiger partial charge < -0.3 is 9.84 Å². The van der Waals surface area contributed by atoms with E-state index in [4.69, 9.17) is 4.74 Å². The molecule has 0 aliphatic carbocycles. The minimum atomic E-state index is -0.871. The van der Waals surface area contributed by atoms with E-state index in [1.807, 2.05) is 42.5 Å². The number of aliphatic hydroxyl groups is 1. The second-order valence-corrected chi connectivity index (χ2v) is 9.46. The minimum Gasteiger partial charge on any atom is -0.505 e. The highest BCUT2D eigenvalue weighted by atomic mass is 32.1. The zero-order valence-corrected chi connectivity index (χ0v) is 20.9. The number of aliphatic hydroxyl groups excluding tert-OH is 1. The Hall–Kier alpha value is -3.98. The summed E-state index contributed by atoms with van der Waals surface area (Å²) in [6.45, 7) is 4.47. The molecule has 184 valence electrons. The molecule has 1 unspecified atom stereocenters. The van der Waals surface area contributed by atoms with Crippen LogP contribution in [0.15, 0.2) is 65.8 Å². The molecule has 9 heteroatoms. The number of nitrogens with zero attached hydrogens (tertiary/aromatic N) is 4. The molecule has 1 saturated heterocycles. The molecule has 4 aromatic rings. The van der Waals surface area contributed by atoms with E-state index < -0.39 is 17.7 Å². The Balaban J connectivity index is 1.66. The van der Waals surface area contributed by atoms with Crippen LogP contribution < -0.4 is 9.64 Å². The number of aromatic nitrogens is 3. The van der Waals surface area contributed by atoms with Gasteiger partial charge in [0.25, 0.3) is 5.78 Å². The van der Waals surface area contributed by atoms with Crippen molar-refractivity contribution in [2.24, 2.45) is 0 Å². The zero-order valence-electron chi connectivity index (χ0n) is 20.0. The average molecular weight is 503 g/mol. The van der Waals surface area contributed by atoms with Crippen molar-refractivity contribution in [1.82, 2.24) is 14.4 Å². The van der Waals surface area contributed by atoms with Crippen LogP contribution in [0, 0.1) is 6.92 Å². The SMILES string of the molecule is CCCCCOc1cccc(C2C(=C(O)c3c(C)nc4ccccn34)C(=O)C(=O)N2c2nccs2)c1. The highest BCUT2D eigenvalue weighted by Crippen LogP contribution is 2.43. The summed E-state index contributed by atoms with van der Waals surface area (Å²) in [5.41, 5.74) is 2.19. The first kappa shape index (κ1) is 23.7. The number of anilines is 1. The van der Waals surface area contributed by atoms with Crippen molar-refractivity contribution in [2.45, 2.75) is 39.2 Å². The predicted octanol–water partition coefficient (Wildman–Crippen LogP) is 5.29. The van der Waals surface area contributed by atoms with E-state index in [1.54, 1.807) is 29.1 Å². The highest BCUT2D eigenvalue weighted by Gasteiger charge is 2.48. The summed E-state index contributed by atoms with van der Waals surface area (Å²) in [6.07, 6.45) is 6.45. The second kappa shape index (κ2) is 9.94. The van der Waals surface area contributed by atoms with E-state index in [1.165, 1.54) is 16.2 Å². The number of hydrogen-bond acceptors (Lipinski definition) is 7. The maximum Gasteiger partial charge on any atom is 0.301 e.